The quantitative estimate of drug-likeness (QED) is 0.216. The summed E-state index contributed by atoms with van der Waals surface area (Å²) in [4.78, 5) is 14.8. The van der Waals surface area contributed by atoms with Crippen molar-refractivity contribution in [3.8, 4) is 0 Å². The van der Waals surface area contributed by atoms with Crippen molar-refractivity contribution in [1.82, 2.24) is 10.2 Å². The lowest BCUT2D eigenvalue weighted by molar-refractivity contribution is -0.143. The first-order valence-corrected chi connectivity index (χ1v) is 18.4. The number of carbonyl (C=O) groups excluding carboxylic acids is 1. The summed E-state index contributed by atoms with van der Waals surface area (Å²) in [6.07, 6.45) is 27.3. The summed E-state index contributed by atoms with van der Waals surface area (Å²) in [5.41, 5.74) is 0.527. The van der Waals surface area contributed by atoms with Crippen LogP contribution in [0.25, 0.3) is 0 Å². The van der Waals surface area contributed by atoms with E-state index in [4.69, 9.17) is 21.1 Å². The molecule has 5 unspecified atom stereocenters. The second-order valence-corrected chi connectivity index (χ2v) is 15.1. The summed E-state index contributed by atoms with van der Waals surface area (Å²) in [5.74, 6) is 1.98. The second-order valence-electron chi connectivity index (χ2n) is 14.6. The molecule has 2 aliphatic heterocycles. The number of fused-ring (bicyclic) bond motifs is 1. The van der Waals surface area contributed by atoms with Crippen LogP contribution in [0.2, 0.25) is 0 Å². The Hall–Kier alpha value is -0.360. The molecular formula is C35H61ClN2O3. The molecule has 3 aliphatic carbocycles. The summed E-state index contributed by atoms with van der Waals surface area (Å²) in [5, 5.41) is 3.84. The van der Waals surface area contributed by atoms with Gasteiger partial charge in [-0.3, -0.25) is 15.0 Å². The van der Waals surface area contributed by atoms with Crippen LogP contribution in [0, 0.1) is 23.2 Å². The first kappa shape index (κ1) is 32.0. The van der Waals surface area contributed by atoms with Gasteiger partial charge in [-0.1, -0.05) is 58.3 Å². The highest BCUT2D eigenvalue weighted by Crippen LogP contribution is 2.55. The molecule has 0 bridgehead atoms. The minimum atomic E-state index is -0.505. The molecule has 0 radical (unpaired) electrons. The first-order chi connectivity index (χ1) is 20.0. The van der Waals surface area contributed by atoms with Crippen LogP contribution >= 0.6 is 11.6 Å². The van der Waals surface area contributed by atoms with Gasteiger partial charge in [-0.25, -0.2) is 0 Å². The van der Waals surface area contributed by atoms with Crippen LogP contribution in [0.3, 0.4) is 0 Å². The smallest absolute Gasteiger partial charge is 0.324 e. The summed E-state index contributed by atoms with van der Waals surface area (Å²) in [6.45, 7) is 6.98. The Morgan fingerprint density at radius 1 is 0.927 bits per heavy atom. The summed E-state index contributed by atoms with van der Waals surface area (Å²) >= 11 is 6.33. The molecule has 6 atom stereocenters. The van der Waals surface area contributed by atoms with Gasteiger partial charge in [0.25, 0.3) is 0 Å². The first-order valence-electron chi connectivity index (χ1n) is 17.9. The fourth-order valence-electron chi connectivity index (χ4n) is 10.0. The number of carbonyl (C=O) groups is 1. The van der Waals surface area contributed by atoms with Crippen LogP contribution in [-0.4, -0.2) is 60.4 Å². The number of hydrogen-bond acceptors (Lipinski definition) is 5. The SMILES string of the molecule is CCOC(=O)C(Cl)CC1CCC(OC[C@@H]2CCCN2C2CC(C)C3(C4CCCCCCCC4)CCCCC3N2)CC1. The van der Waals surface area contributed by atoms with Crippen molar-refractivity contribution in [3.05, 3.63) is 0 Å². The zero-order valence-electron chi connectivity index (χ0n) is 26.4. The Balaban J connectivity index is 1.13. The topological polar surface area (TPSA) is 50.8 Å². The number of nitrogens with zero attached hydrogens (tertiary/aromatic N) is 1. The van der Waals surface area contributed by atoms with Crippen molar-refractivity contribution in [2.75, 3.05) is 19.8 Å². The summed E-state index contributed by atoms with van der Waals surface area (Å²) in [7, 11) is 0. The van der Waals surface area contributed by atoms with Crippen molar-refractivity contribution in [2.24, 2.45) is 23.2 Å². The van der Waals surface area contributed by atoms with E-state index in [9.17, 15) is 4.79 Å². The molecule has 3 saturated carbocycles. The molecule has 6 heteroatoms. The number of hydrogen-bond donors (Lipinski definition) is 1. The van der Waals surface area contributed by atoms with Crippen LogP contribution in [0.5, 0.6) is 0 Å². The minimum absolute atomic E-state index is 0.259. The molecule has 0 aromatic carbocycles. The number of rotatable bonds is 9. The zero-order valence-corrected chi connectivity index (χ0v) is 27.2. The number of halogens is 1. The second kappa shape index (κ2) is 15.6. The molecule has 1 N–H and O–H groups in total. The Morgan fingerprint density at radius 3 is 2.37 bits per heavy atom. The molecule has 0 aromatic rings. The van der Waals surface area contributed by atoms with Crippen molar-refractivity contribution in [2.45, 2.75) is 172 Å². The van der Waals surface area contributed by atoms with Gasteiger partial charge in [0.15, 0.2) is 0 Å². The molecule has 5 fully saturated rings. The molecule has 5 aliphatic rings. The molecule has 41 heavy (non-hydrogen) atoms. The van der Waals surface area contributed by atoms with Gasteiger partial charge in [0.1, 0.15) is 5.38 Å². The Morgan fingerprint density at radius 2 is 1.63 bits per heavy atom. The highest BCUT2D eigenvalue weighted by Gasteiger charge is 2.54. The maximum atomic E-state index is 11.9. The predicted molar refractivity (Wildman–Crippen MR) is 168 cm³/mol. The standard InChI is InChI=1S/C35H61ClN2O3/c1-3-40-34(39)31(36)24-27-17-19-30(20-18-27)41-25-29-15-12-22-38(29)33-23-26(2)35(21-11-10-16-32(35)37-33)28-13-8-6-4-5-7-9-14-28/h26-33,37H,3-25H2,1-2H3/t26?,27?,29-,30?,31?,32?,33?,35?/m0/s1. The Labute approximate surface area is 256 Å². The lowest BCUT2D eigenvalue weighted by Crippen LogP contribution is -2.66. The molecular weight excluding hydrogens is 532 g/mol. The van der Waals surface area contributed by atoms with Crippen LogP contribution in [0.1, 0.15) is 142 Å². The van der Waals surface area contributed by atoms with E-state index in [-0.39, 0.29) is 5.97 Å². The fraction of sp³-hybridized carbons (Fsp3) is 0.971. The summed E-state index contributed by atoms with van der Waals surface area (Å²) < 4.78 is 11.7. The predicted octanol–water partition coefficient (Wildman–Crippen LogP) is 8.22. The van der Waals surface area contributed by atoms with Gasteiger partial charge in [0.05, 0.1) is 25.5 Å². The maximum Gasteiger partial charge on any atom is 0.324 e. The third kappa shape index (κ3) is 7.84. The average molecular weight is 593 g/mol. The van der Waals surface area contributed by atoms with Gasteiger partial charge in [-0.2, -0.15) is 0 Å². The van der Waals surface area contributed by atoms with Gasteiger partial charge in [0.2, 0.25) is 0 Å². The lowest BCUT2D eigenvalue weighted by atomic mass is 9.52. The van der Waals surface area contributed by atoms with Crippen molar-refractivity contribution >= 4 is 17.6 Å². The van der Waals surface area contributed by atoms with Crippen LogP contribution < -0.4 is 5.32 Å². The number of alkyl halides is 1. The summed E-state index contributed by atoms with van der Waals surface area (Å²) in [6, 6.07) is 1.25. The van der Waals surface area contributed by atoms with Crippen LogP contribution in [0.4, 0.5) is 0 Å². The fourth-order valence-corrected chi connectivity index (χ4v) is 10.4. The van der Waals surface area contributed by atoms with E-state index in [0.29, 0.717) is 42.3 Å². The Kier molecular flexibility index (Phi) is 12.2. The van der Waals surface area contributed by atoms with E-state index >= 15 is 0 Å². The average Bonchev–Trinajstić information content (AvgIpc) is 3.50. The molecule has 0 amide bonds. The minimum Gasteiger partial charge on any atom is -0.465 e. The van der Waals surface area contributed by atoms with Crippen molar-refractivity contribution in [3.63, 3.8) is 0 Å². The zero-order chi connectivity index (χ0) is 28.7. The maximum absolute atomic E-state index is 11.9. The molecule has 0 spiro atoms. The molecule has 0 aromatic heterocycles. The van der Waals surface area contributed by atoms with E-state index < -0.39 is 5.38 Å². The number of esters is 1. The monoisotopic (exact) mass is 592 g/mol. The lowest BCUT2D eigenvalue weighted by Gasteiger charge is -2.59. The Bertz CT molecular complexity index is 794. The number of nitrogens with one attached hydrogen (secondary N) is 1. The number of ether oxygens (including phenoxy) is 2. The molecule has 2 heterocycles. The van der Waals surface area contributed by atoms with E-state index in [0.717, 1.165) is 50.5 Å². The number of piperidine rings is 1. The van der Waals surface area contributed by atoms with Gasteiger partial charge >= 0.3 is 5.97 Å². The third-order valence-corrected chi connectivity index (χ3v) is 12.6. The molecule has 2 saturated heterocycles. The van der Waals surface area contributed by atoms with E-state index in [1.54, 1.807) is 0 Å². The van der Waals surface area contributed by atoms with Crippen LogP contribution in [0.15, 0.2) is 0 Å². The van der Waals surface area contributed by atoms with E-state index in [1.165, 1.54) is 103 Å². The molecule has 236 valence electrons. The van der Waals surface area contributed by atoms with Gasteiger partial charge in [-0.05, 0) is 107 Å². The third-order valence-electron chi connectivity index (χ3n) is 12.2. The molecule has 5 rings (SSSR count). The van der Waals surface area contributed by atoms with Crippen LogP contribution in [-0.2, 0) is 14.3 Å². The molecule has 5 nitrogen and oxygen atoms in total. The van der Waals surface area contributed by atoms with E-state index in [1.807, 2.05) is 6.92 Å². The van der Waals surface area contributed by atoms with Gasteiger partial charge < -0.3 is 9.47 Å². The largest absolute Gasteiger partial charge is 0.465 e. The normalized spacial score (nSPS) is 38.8. The van der Waals surface area contributed by atoms with Gasteiger partial charge in [0, 0.05) is 18.6 Å². The highest BCUT2D eigenvalue weighted by molar-refractivity contribution is 6.29. The van der Waals surface area contributed by atoms with Crippen molar-refractivity contribution < 1.29 is 14.3 Å². The number of likely N-dealkylation sites (tertiary alicyclic amines) is 1. The van der Waals surface area contributed by atoms with Gasteiger partial charge in [-0.15, -0.1) is 11.6 Å². The van der Waals surface area contributed by atoms with E-state index in [2.05, 4.69) is 17.1 Å². The highest BCUT2D eigenvalue weighted by atomic mass is 35.5. The van der Waals surface area contributed by atoms with Crippen molar-refractivity contribution in [1.29, 1.82) is 0 Å².